The summed E-state index contributed by atoms with van der Waals surface area (Å²) in [4.78, 5) is 13.7. The molecule has 0 saturated heterocycles. The molecule has 1 amide bonds. The SMILES string of the molecule is CCS(=O)(=O)CC(C)NCCN(CCOC)C(=O)OC(C)(C)C. The Labute approximate surface area is 140 Å². The first-order chi connectivity index (χ1) is 10.5. The highest BCUT2D eigenvalue weighted by atomic mass is 32.2. The molecule has 7 nitrogen and oxygen atoms in total. The van der Waals surface area contributed by atoms with Crippen molar-refractivity contribution in [3.63, 3.8) is 0 Å². The second-order valence-corrected chi connectivity index (χ2v) is 8.91. The number of nitrogens with one attached hydrogen (secondary N) is 1. The molecule has 1 unspecified atom stereocenters. The van der Waals surface area contributed by atoms with Gasteiger partial charge < -0.3 is 19.7 Å². The van der Waals surface area contributed by atoms with Crippen molar-refractivity contribution in [2.24, 2.45) is 0 Å². The summed E-state index contributed by atoms with van der Waals surface area (Å²) in [5.74, 6) is 0.227. The number of methoxy groups -OCH3 is 1. The van der Waals surface area contributed by atoms with Gasteiger partial charge in [0.1, 0.15) is 5.60 Å². The van der Waals surface area contributed by atoms with Crippen molar-refractivity contribution in [2.45, 2.75) is 46.3 Å². The number of hydrogen-bond donors (Lipinski definition) is 1. The first kappa shape index (κ1) is 22.1. The molecular weight excluding hydrogens is 320 g/mol. The van der Waals surface area contributed by atoms with Crippen molar-refractivity contribution < 1.29 is 22.7 Å². The molecule has 0 radical (unpaired) electrons. The van der Waals surface area contributed by atoms with E-state index in [1.807, 2.05) is 27.7 Å². The third-order valence-electron chi connectivity index (χ3n) is 3.04. The molecule has 1 atom stereocenters. The second-order valence-electron chi connectivity index (χ2n) is 6.51. The highest BCUT2D eigenvalue weighted by Gasteiger charge is 2.22. The van der Waals surface area contributed by atoms with Gasteiger partial charge in [-0.3, -0.25) is 0 Å². The number of hydrogen-bond acceptors (Lipinski definition) is 6. The number of carbonyl (C=O) groups is 1. The molecule has 0 bridgehead atoms. The monoisotopic (exact) mass is 352 g/mol. The third-order valence-corrected chi connectivity index (χ3v) is 4.92. The minimum absolute atomic E-state index is 0.0913. The van der Waals surface area contributed by atoms with Crippen LogP contribution in [0.3, 0.4) is 0 Å². The van der Waals surface area contributed by atoms with Gasteiger partial charge in [0.05, 0.1) is 12.4 Å². The van der Waals surface area contributed by atoms with Gasteiger partial charge in [-0.15, -0.1) is 0 Å². The van der Waals surface area contributed by atoms with E-state index in [0.717, 1.165) is 0 Å². The number of amides is 1. The molecule has 0 aromatic rings. The number of carbonyl (C=O) groups excluding carboxylic acids is 1. The Bertz CT molecular complexity index is 445. The van der Waals surface area contributed by atoms with Crippen LogP contribution in [0.4, 0.5) is 4.79 Å². The van der Waals surface area contributed by atoms with E-state index in [4.69, 9.17) is 9.47 Å². The predicted octanol–water partition coefficient (Wildman–Crippen LogP) is 1.28. The molecule has 0 aliphatic carbocycles. The van der Waals surface area contributed by atoms with E-state index in [9.17, 15) is 13.2 Å². The Morgan fingerprint density at radius 3 is 2.35 bits per heavy atom. The van der Waals surface area contributed by atoms with Crippen LogP contribution >= 0.6 is 0 Å². The van der Waals surface area contributed by atoms with E-state index >= 15 is 0 Å². The number of rotatable bonds is 10. The van der Waals surface area contributed by atoms with Crippen molar-refractivity contribution in [3.05, 3.63) is 0 Å². The van der Waals surface area contributed by atoms with Crippen LogP contribution in [0.1, 0.15) is 34.6 Å². The van der Waals surface area contributed by atoms with Gasteiger partial charge in [-0.2, -0.15) is 0 Å². The average Bonchev–Trinajstić information content (AvgIpc) is 2.40. The molecule has 0 aromatic carbocycles. The van der Waals surface area contributed by atoms with Gasteiger partial charge in [0, 0.05) is 38.5 Å². The standard InChI is InChI=1S/C15H32N2O5S/c1-7-23(19,20)12-13(2)16-8-9-17(10-11-21-6)14(18)22-15(3,4)5/h13,16H,7-12H2,1-6H3. The van der Waals surface area contributed by atoms with Gasteiger partial charge in [-0.05, 0) is 27.7 Å². The van der Waals surface area contributed by atoms with E-state index in [-0.39, 0.29) is 17.5 Å². The van der Waals surface area contributed by atoms with Crippen molar-refractivity contribution in [1.82, 2.24) is 10.2 Å². The van der Waals surface area contributed by atoms with Crippen LogP contribution in [0, 0.1) is 0 Å². The van der Waals surface area contributed by atoms with Gasteiger partial charge in [0.15, 0.2) is 9.84 Å². The number of nitrogens with zero attached hydrogens (tertiary/aromatic N) is 1. The molecule has 0 heterocycles. The summed E-state index contributed by atoms with van der Waals surface area (Å²) in [6, 6.07) is -0.164. The largest absolute Gasteiger partial charge is 0.444 e. The fourth-order valence-electron chi connectivity index (χ4n) is 1.83. The zero-order valence-corrected chi connectivity index (χ0v) is 16.0. The van der Waals surface area contributed by atoms with Crippen LogP contribution < -0.4 is 5.32 Å². The Hall–Kier alpha value is -0.860. The molecule has 0 spiro atoms. The molecule has 0 saturated carbocycles. The molecule has 23 heavy (non-hydrogen) atoms. The Balaban J connectivity index is 4.42. The van der Waals surface area contributed by atoms with Crippen molar-refractivity contribution in [2.75, 3.05) is 44.9 Å². The zero-order chi connectivity index (χ0) is 18.1. The van der Waals surface area contributed by atoms with Gasteiger partial charge in [0.25, 0.3) is 0 Å². The summed E-state index contributed by atoms with van der Waals surface area (Å²) in [6.45, 7) is 10.7. The molecule has 0 fully saturated rings. The molecule has 8 heteroatoms. The topological polar surface area (TPSA) is 84.9 Å². The van der Waals surface area contributed by atoms with Gasteiger partial charge in [-0.25, -0.2) is 13.2 Å². The lowest BCUT2D eigenvalue weighted by Crippen LogP contribution is -2.44. The van der Waals surface area contributed by atoms with E-state index in [1.54, 1.807) is 18.9 Å². The third kappa shape index (κ3) is 11.3. The first-order valence-corrected chi connectivity index (χ1v) is 9.73. The molecular formula is C15H32N2O5S. The van der Waals surface area contributed by atoms with E-state index in [0.29, 0.717) is 26.2 Å². The van der Waals surface area contributed by atoms with Crippen molar-refractivity contribution >= 4 is 15.9 Å². The fraction of sp³-hybridized carbons (Fsp3) is 0.933. The number of sulfone groups is 1. The summed E-state index contributed by atoms with van der Waals surface area (Å²) in [7, 11) is -1.44. The molecule has 1 N–H and O–H groups in total. The highest BCUT2D eigenvalue weighted by molar-refractivity contribution is 7.91. The summed E-state index contributed by atoms with van der Waals surface area (Å²) >= 11 is 0. The van der Waals surface area contributed by atoms with Crippen LogP contribution in [-0.2, 0) is 19.3 Å². The minimum Gasteiger partial charge on any atom is -0.444 e. The molecule has 0 aliphatic rings. The van der Waals surface area contributed by atoms with Crippen LogP contribution in [0.5, 0.6) is 0 Å². The fourth-order valence-corrected chi connectivity index (χ4v) is 2.94. The predicted molar refractivity (Wildman–Crippen MR) is 91.5 cm³/mol. The molecule has 0 aromatic heterocycles. The van der Waals surface area contributed by atoms with E-state index in [2.05, 4.69) is 5.32 Å². The smallest absolute Gasteiger partial charge is 0.410 e. The lowest BCUT2D eigenvalue weighted by atomic mass is 10.2. The maximum absolute atomic E-state index is 12.1. The van der Waals surface area contributed by atoms with Gasteiger partial charge in [-0.1, -0.05) is 6.92 Å². The van der Waals surface area contributed by atoms with Crippen molar-refractivity contribution in [1.29, 1.82) is 0 Å². The zero-order valence-electron chi connectivity index (χ0n) is 15.2. The lowest BCUT2D eigenvalue weighted by Gasteiger charge is -2.27. The van der Waals surface area contributed by atoms with E-state index < -0.39 is 21.5 Å². The van der Waals surface area contributed by atoms with E-state index in [1.165, 1.54) is 0 Å². The maximum atomic E-state index is 12.1. The Kier molecular flexibility index (Phi) is 9.72. The van der Waals surface area contributed by atoms with Gasteiger partial charge >= 0.3 is 6.09 Å². The summed E-state index contributed by atoms with van der Waals surface area (Å²) in [5.41, 5.74) is -0.557. The quantitative estimate of drug-likeness (QED) is 0.637. The molecule has 138 valence electrons. The summed E-state index contributed by atoms with van der Waals surface area (Å²) < 4.78 is 33.5. The summed E-state index contributed by atoms with van der Waals surface area (Å²) in [5, 5.41) is 3.13. The number of ether oxygens (including phenoxy) is 2. The Morgan fingerprint density at radius 1 is 1.26 bits per heavy atom. The lowest BCUT2D eigenvalue weighted by molar-refractivity contribution is 0.0203. The maximum Gasteiger partial charge on any atom is 0.410 e. The first-order valence-electron chi connectivity index (χ1n) is 7.91. The van der Waals surface area contributed by atoms with Gasteiger partial charge in [0.2, 0.25) is 0 Å². The second kappa shape index (κ2) is 10.1. The van der Waals surface area contributed by atoms with Crippen molar-refractivity contribution in [3.8, 4) is 0 Å². The Morgan fingerprint density at radius 2 is 1.87 bits per heavy atom. The summed E-state index contributed by atoms with van der Waals surface area (Å²) in [6.07, 6.45) is -0.398. The minimum atomic E-state index is -3.01. The van der Waals surface area contributed by atoms with Crippen LogP contribution in [0.25, 0.3) is 0 Å². The highest BCUT2D eigenvalue weighted by Crippen LogP contribution is 2.09. The van der Waals surface area contributed by atoms with Crippen LogP contribution in [0.15, 0.2) is 0 Å². The van der Waals surface area contributed by atoms with Crippen LogP contribution in [0.2, 0.25) is 0 Å². The molecule has 0 aliphatic heterocycles. The molecule has 0 rings (SSSR count). The average molecular weight is 352 g/mol. The van der Waals surface area contributed by atoms with Crippen LogP contribution in [-0.4, -0.2) is 75.9 Å². The normalized spacial score (nSPS) is 13.7.